The zero-order valence-corrected chi connectivity index (χ0v) is 18.2. The molecule has 1 amide bonds. The molecule has 2 aliphatic rings. The Labute approximate surface area is 178 Å². The molecule has 2 fully saturated rings. The van der Waals surface area contributed by atoms with Crippen LogP contribution in [0, 0.1) is 17.8 Å². The van der Waals surface area contributed by atoms with Crippen molar-refractivity contribution in [3.63, 3.8) is 0 Å². The number of alkyl carbamates (subject to hydrolysis) is 1. The maximum atomic E-state index is 12.6. The number of ether oxygens (including phenoxy) is 2. The highest BCUT2D eigenvalue weighted by Gasteiger charge is 2.38. The highest BCUT2D eigenvalue weighted by molar-refractivity contribution is 5.79. The summed E-state index contributed by atoms with van der Waals surface area (Å²) in [6.45, 7) is 5.19. The number of carbonyl (C=O) groups is 2. The Kier molecular flexibility index (Phi) is 10.2. The van der Waals surface area contributed by atoms with Crippen LogP contribution in [0.15, 0.2) is 5.10 Å². The van der Waals surface area contributed by atoms with Crippen LogP contribution in [0.2, 0.25) is 0 Å². The second-order valence-corrected chi connectivity index (χ2v) is 8.35. The van der Waals surface area contributed by atoms with Crippen molar-refractivity contribution in [2.45, 2.75) is 70.9 Å². The van der Waals surface area contributed by atoms with E-state index in [1.54, 1.807) is 6.92 Å². The standard InChI is InChI=1S/C20H38N6O4/c1-3-29-20(28)23-9-8-13(2)30-19(27)17-11-16-10-14(4-6-15(16)12-24-17)5-7-18(21)25-26-22/h13-17,24,26H,3-12,22H2,1-2H3,(H2,21,25)(H,23,28). The van der Waals surface area contributed by atoms with E-state index in [9.17, 15) is 9.59 Å². The van der Waals surface area contributed by atoms with E-state index in [1.807, 2.05) is 6.92 Å². The molecular formula is C20H38N6O4. The molecule has 10 heteroatoms. The van der Waals surface area contributed by atoms with Crippen LogP contribution < -0.4 is 27.7 Å². The van der Waals surface area contributed by atoms with Crippen LogP contribution in [0.25, 0.3) is 0 Å². The van der Waals surface area contributed by atoms with E-state index >= 15 is 0 Å². The molecule has 30 heavy (non-hydrogen) atoms. The van der Waals surface area contributed by atoms with Crippen LogP contribution in [0.5, 0.6) is 0 Å². The van der Waals surface area contributed by atoms with Crippen LogP contribution in [0.1, 0.15) is 58.8 Å². The number of fused-ring (bicyclic) bond motifs is 1. The van der Waals surface area contributed by atoms with Gasteiger partial charge in [0, 0.05) is 19.4 Å². The monoisotopic (exact) mass is 426 g/mol. The fourth-order valence-electron chi connectivity index (χ4n) is 4.49. The number of nitrogens with zero attached hydrogens (tertiary/aromatic N) is 1. The molecule has 1 heterocycles. The normalized spacial score (nSPS) is 27.5. The minimum absolute atomic E-state index is 0.204. The van der Waals surface area contributed by atoms with Crippen molar-refractivity contribution in [1.82, 2.24) is 16.2 Å². The summed E-state index contributed by atoms with van der Waals surface area (Å²) in [5.74, 6) is 7.22. The fourth-order valence-corrected chi connectivity index (χ4v) is 4.49. The lowest BCUT2D eigenvalue weighted by molar-refractivity contribution is -0.152. The number of hydrogen-bond donors (Lipinski definition) is 5. The Morgan fingerprint density at radius 3 is 2.80 bits per heavy atom. The minimum atomic E-state index is -0.449. The molecular weight excluding hydrogens is 388 g/mol. The van der Waals surface area contributed by atoms with Gasteiger partial charge in [0.2, 0.25) is 0 Å². The first kappa shape index (κ1) is 24.2. The van der Waals surface area contributed by atoms with Crippen molar-refractivity contribution in [3.8, 4) is 0 Å². The van der Waals surface area contributed by atoms with E-state index in [1.165, 1.54) is 12.8 Å². The van der Waals surface area contributed by atoms with E-state index in [0.29, 0.717) is 43.2 Å². The second kappa shape index (κ2) is 12.6. The van der Waals surface area contributed by atoms with Crippen LogP contribution >= 0.6 is 0 Å². The molecule has 2 rings (SSSR count). The van der Waals surface area contributed by atoms with Gasteiger partial charge in [0.1, 0.15) is 18.0 Å². The van der Waals surface area contributed by atoms with Gasteiger partial charge in [-0.15, -0.1) is 0 Å². The number of amidine groups is 1. The second-order valence-electron chi connectivity index (χ2n) is 8.35. The van der Waals surface area contributed by atoms with Crippen molar-refractivity contribution < 1.29 is 19.1 Å². The smallest absolute Gasteiger partial charge is 0.407 e. The summed E-state index contributed by atoms with van der Waals surface area (Å²) in [5.41, 5.74) is 8.05. The summed E-state index contributed by atoms with van der Waals surface area (Å²) >= 11 is 0. The molecule has 0 radical (unpaired) electrons. The zero-order chi connectivity index (χ0) is 21.9. The SMILES string of the molecule is CCOC(=O)NCCC(C)OC(=O)C1CC2CC(CC/C(N)=N/NN)CCC2CN1. The van der Waals surface area contributed by atoms with Crippen LogP contribution in [0.3, 0.4) is 0 Å². The van der Waals surface area contributed by atoms with Gasteiger partial charge in [-0.1, -0.05) is 6.42 Å². The summed E-state index contributed by atoms with van der Waals surface area (Å²) < 4.78 is 10.4. The highest BCUT2D eigenvalue weighted by atomic mass is 16.6. The van der Waals surface area contributed by atoms with Crippen molar-refractivity contribution in [1.29, 1.82) is 0 Å². The van der Waals surface area contributed by atoms with Gasteiger partial charge in [0.15, 0.2) is 0 Å². The highest BCUT2D eigenvalue weighted by Crippen LogP contribution is 2.40. The van der Waals surface area contributed by atoms with Gasteiger partial charge in [0.05, 0.1) is 6.61 Å². The number of nitrogens with two attached hydrogens (primary N) is 2. The third-order valence-corrected chi connectivity index (χ3v) is 6.13. The molecule has 0 spiro atoms. The number of hydrazine groups is 1. The van der Waals surface area contributed by atoms with Gasteiger partial charge >= 0.3 is 12.1 Å². The van der Waals surface area contributed by atoms with Crippen molar-refractivity contribution in [2.75, 3.05) is 19.7 Å². The summed E-state index contributed by atoms with van der Waals surface area (Å²) in [5, 5.41) is 9.83. The molecule has 0 aromatic rings. The van der Waals surface area contributed by atoms with Crippen LogP contribution in [-0.4, -0.2) is 49.7 Å². The van der Waals surface area contributed by atoms with Crippen molar-refractivity contribution in [2.24, 2.45) is 34.4 Å². The van der Waals surface area contributed by atoms with E-state index in [2.05, 4.69) is 21.3 Å². The number of piperidine rings is 1. The maximum absolute atomic E-state index is 12.6. The van der Waals surface area contributed by atoms with Gasteiger partial charge in [-0.05, 0) is 63.8 Å². The molecule has 7 N–H and O–H groups in total. The topological polar surface area (TPSA) is 153 Å². The van der Waals surface area contributed by atoms with Crippen molar-refractivity contribution in [3.05, 3.63) is 0 Å². The number of esters is 1. The first-order valence-corrected chi connectivity index (χ1v) is 11.0. The minimum Gasteiger partial charge on any atom is -0.461 e. The lowest BCUT2D eigenvalue weighted by atomic mass is 9.69. The summed E-state index contributed by atoms with van der Waals surface area (Å²) in [6, 6.07) is -0.265. The third-order valence-electron chi connectivity index (χ3n) is 6.13. The molecule has 0 bridgehead atoms. The average Bonchev–Trinajstić information content (AvgIpc) is 2.72. The van der Waals surface area contributed by atoms with E-state index in [4.69, 9.17) is 21.1 Å². The fraction of sp³-hybridized carbons (Fsp3) is 0.850. The predicted octanol–water partition coefficient (Wildman–Crippen LogP) is 0.964. The Balaban J connectivity index is 1.73. The number of hydrazone groups is 1. The van der Waals surface area contributed by atoms with E-state index in [-0.39, 0.29) is 18.1 Å². The summed E-state index contributed by atoms with van der Waals surface area (Å²) in [6.07, 6.45) is 5.83. The van der Waals surface area contributed by atoms with Gasteiger partial charge in [-0.25, -0.2) is 16.2 Å². The number of hydrogen-bond acceptors (Lipinski definition) is 8. The van der Waals surface area contributed by atoms with E-state index in [0.717, 1.165) is 32.2 Å². The molecule has 0 aromatic heterocycles. The van der Waals surface area contributed by atoms with Gasteiger partial charge in [-0.3, -0.25) is 4.79 Å². The zero-order valence-electron chi connectivity index (χ0n) is 18.2. The molecule has 172 valence electrons. The van der Waals surface area contributed by atoms with Gasteiger partial charge < -0.3 is 25.8 Å². The Morgan fingerprint density at radius 2 is 2.07 bits per heavy atom. The Hall–Kier alpha value is -2.07. The first-order chi connectivity index (χ1) is 14.4. The third kappa shape index (κ3) is 7.98. The molecule has 1 saturated heterocycles. The summed E-state index contributed by atoms with van der Waals surface area (Å²) in [4.78, 5) is 23.9. The molecule has 1 saturated carbocycles. The molecule has 0 aromatic carbocycles. The molecule has 5 atom stereocenters. The van der Waals surface area contributed by atoms with Crippen LogP contribution in [-0.2, 0) is 14.3 Å². The molecule has 5 unspecified atom stereocenters. The predicted molar refractivity (Wildman–Crippen MR) is 114 cm³/mol. The van der Waals surface area contributed by atoms with E-state index < -0.39 is 6.09 Å². The van der Waals surface area contributed by atoms with Crippen LogP contribution in [0.4, 0.5) is 4.79 Å². The maximum Gasteiger partial charge on any atom is 0.407 e. The van der Waals surface area contributed by atoms with Gasteiger partial charge in [-0.2, -0.15) is 5.10 Å². The molecule has 10 nitrogen and oxygen atoms in total. The lowest BCUT2D eigenvalue weighted by Gasteiger charge is -2.42. The van der Waals surface area contributed by atoms with Gasteiger partial charge in [0.25, 0.3) is 0 Å². The average molecular weight is 427 g/mol. The molecule has 1 aliphatic carbocycles. The number of rotatable bonds is 10. The Morgan fingerprint density at radius 1 is 1.27 bits per heavy atom. The largest absolute Gasteiger partial charge is 0.461 e. The quantitative estimate of drug-likeness (QED) is 0.114. The number of amides is 1. The Bertz CT molecular complexity index is 588. The molecule has 1 aliphatic heterocycles. The summed E-state index contributed by atoms with van der Waals surface area (Å²) in [7, 11) is 0. The van der Waals surface area contributed by atoms with Crippen molar-refractivity contribution >= 4 is 17.9 Å². The number of nitrogens with one attached hydrogen (secondary N) is 3. The number of carbonyl (C=O) groups excluding carboxylic acids is 2. The first-order valence-electron chi connectivity index (χ1n) is 11.0. The lowest BCUT2D eigenvalue weighted by Crippen LogP contribution is -2.50.